The van der Waals surface area contributed by atoms with Crippen LogP contribution in [0, 0.1) is 17.2 Å². The molecule has 0 aromatic carbocycles. The van der Waals surface area contributed by atoms with Gasteiger partial charge < -0.3 is 0 Å². The lowest BCUT2D eigenvalue weighted by molar-refractivity contribution is 0.263. The van der Waals surface area contributed by atoms with Gasteiger partial charge >= 0.3 is 0 Å². The molecule has 1 heterocycles. The van der Waals surface area contributed by atoms with E-state index in [0.717, 1.165) is 37.5 Å². The highest BCUT2D eigenvalue weighted by atomic mass is 15.1. The highest BCUT2D eigenvalue weighted by Gasteiger charge is 2.11. The van der Waals surface area contributed by atoms with Crippen LogP contribution in [0.15, 0.2) is 11.6 Å². The van der Waals surface area contributed by atoms with E-state index in [4.69, 9.17) is 5.26 Å². The second-order valence-corrected chi connectivity index (χ2v) is 3.74. The minimum Gasteiger partial charge on any atom is -0.299 e. The molecule has 0 aliphatic carbocycles. The summed E-state index contributed by atoms with van der Waals surface area (Å²) in [6.07, 6.45) is 2.98. The Morgan fingerprint density at radius 3 is 2.83 bits per heavy atom. The van der Waals surface area contributed by atoms with E-state index in [0.29, 0.717) is 0 Å². The molecule has 0 N–H and O–H groups in total. The standard InChI is InChI=1S/C10H16N2/c1-9(2)8-12-5-3-10(7-11)4-6-12/h3,9H,4-6,8H2,1-2H3. The van der Waals surface area contributed by atoms with Crippen molar-refractivity contribution in [3.05, 3.63) is 11.6 Å². The summed E-state index contributed by atoms with van der Waals surface area (Å²) < 4.78 is 0. The van der Waals surface area contributed by atoms with Gasteiger partial charge in [0.1, 0.15) is 0 Å². The van der Waals surface area contributed by atoms with Crippen molar-refractivity contribution >= 4 is 0 Å². The Hall–Kier alpha value is -0.810. The van der Waals surface area contributed by atoms with E-state index in [9.17, 15) is 0 Å². The maximum atomic E-state index is 8.62. The maximum Gasteiger partial charge on any atom is 0.0944 e. The zero-order valence-electron chi connectivity index (χ0n) is 7.88. The molecule has 0 unspecified atom stereocenters. The molecule has 0 atom stereocenters. The third-order valence-corrected chi connectivity index (χ3v) is 2.06. The Morgan fingerprint density at radius 2 is 2.42 bits per heavy atom. The normalized spacial score (nSPS) is 19.0. The Balaban J connectivity index is 2.37. The molecule has 2 heteroatoms. The molecule has 0 saturated heterocycles. The Bertz CT molecular complexity index is 210. The van der Waals surface area contributed by atoms with Gasteiger partial charge in [0.05, 0.1) is 6.07 Å². The van der Waals surface area contributed by atoms with Gasteiger partial charge in [-0.15, -0.1) is 0 Å². The first kappa shape index (κ1) is 9.28. The Kier molecular flexibility index (Phi) is 3.31. The maximum absolute atomic E-state index is 8.62. The van der Waals surface area contributed by atoms with Crippen molar-refractivity contribution in [3.8, 4) is 6.07 Å². The van der Waals surface area contributed by atoms with Crippen LogP contribution in [0.1, 0.15) is 20.3 Å². The van der Waals surface area contributed by atoms with Crippen LogP contribution < -0.4 is 0 Å². The summed E-state index contributed by atoms with van der Waals surface area (Å²) in [6, 6.07) is 2.21. The van der Waals surface area contributed by atoms with Crippen LogP contribution in [-0.2, 0) is 0 Å². The minimum atomic E-state index is 0.724. The number of hydrogen-bond acceptors (Lipinski definition) is 2. The topological polar surface area (TPSA) is 27.0 Å². The fraction of sp³-hybridized carbons (Fsp3) is 0.700. The van der Waals surface area contributed by atoms with Crippen LogP contribution in [0.5, 0.6) is 0 Å². The minimum absolute atomic E-state index is 0.724. The number of nitriles is 1. The number of hydrogen-bond donors (Lipinski definition) is 0. The van der Waals surface area contributed by atoms with Gasteiger partial charge in [0.15, 0.2) is 0 Å². The van der Waals surface area contributed by atoms with Crippen LogP contribution in [0.4, 0.5) is 0 Å². The Labute approximate surface area is 74.5 Å². The van der Waals surface area contributed by atoms with Crippen LogP contribution in [0.3, 0.4) is 0 Å². The average Bonchev–Trinajstić information content (AvgIpc) is 2.05. The van der Waals surface area contributed by atoms with Crippen LogP contribution in [0.25, 0.3) is 0 Å². The monoisotopic (exact) mass is 164 g/mol. The van der Waals surface area contributed by atoms with Gasteiger partial charge in [0.2, 0.25) is 0 Å². The fourth-order valence-electron chi connectivity index (χ4n) is 1.49. The molecule has 0 fully saturated rings. The van der Waals surface area contributed by atoms with Gasteiger partial charge in [-0.1, -0.05) is 19.9 Å². The molecule has 0 aromatic rings. The smallest absolute Gasteiger partial charge is 0.0944 e. The van der Waals surface area contributed by atoms with Crippen LogP contribution >= 0.6 is 0 Å². The van der Waals surface area contributed by atoms with E-state index in [1.165, 1.54) is 0 Å². The lowest BCUT2D eigenvalue weighted by Crippen LogP contribution is -2.31. The second kappa shape index (κ2) is 4.27. The predicted octanol–water partition coefficient (Wildman–Crippen LogP) is 1.80. The van der Waals surface area contributed by atoms with Gasteiger partial charge in [-0.2, -0.15) is 5.26 Å². The molecule has 1 aliphatic heterocycles. The molecular formula is C10H16N2. The molecule has 0 amide bonds. The zero-order valence-corrected chi connectivity index (χ0v) is 7.88. The number of rotatable bonds is 2. The summed E-state index contributed by atoms with van der Waals surface area (Å²) in [5, 5.41) is 8.62. The first-order valence-corrected chi connectivity index (χ1v) is 4.54. The van der Waals surface area contributed by atoms with Crippen LogP contribution in [-0.4, -0.2) is 24.5 Å². The molecule has 0 bridgehead atoms. The molecule has 66 valence electrons. The van der Waals surface area contributed by atoms with Gasteiger partial charge in [-0.25, -0.2) is 0 Å². The van der Waals surface area contributed by atoms with Gasteiger partial charge in [-0.3, -0.25) is 4.90 Å². The molecule has 0 aromatic heterocycles. The van der Waals surface area contributed by atoms with Crippen molar-refractivity contribution in [1.29, 1.82) is 5.26 Å². The van der Waals surface area contributed by atoms with E-state index in [1.807, 2.05) is 6.08 Å². The van der Waals surface area contributed by atoms with E-state index in [2.05, 4.69) is 24.8 Å². The Morgan fingerprint density at radius 1 is 1.67 bits per heavy atom. The van der Waals surface area contributed by atoms with E-state index < -0.39 is 0 Å². The van der Waals surface area contributed by atoms with Crippen molar-refractivity contribution in [1.82, 2.24) is 4.90 Å². The van der Waals surface area contributed by atoms with Gasteiger partial charge in [0.25, 0.3) is 0 Å². The zero-order chi connectivity index (χ0) is 8.97. The molecule has 1 aliphatic rings. The highest BCUT2D eigenvalue weighted by molar-refractivity contribution is 5.22. The summed E-state index contributed by atoms with van der Waals surface area (Å²) in [5.41, 5.74) is 0.954. The van der Waals surface area contributed by atoms with Crippen molar-refractivity contribution in [2.24, 2.45) is 5.92 Å². The predicted molar refractivity (Wildman–Crippen MR) is 49.6 cm³/mol. The van der Waals surface area contributed by atoms with Crippen molar-refractivity contribution in [2.75, 3.05) is 19.6 Å². The number of nitrogens with zero attached hydrogens (tertiary/aromatic N) is 2. The third-order valence-electron chi connectivity index (χ3n) is 2.06. The highest BCUT2D eigenvalue weighted by Crippen LogP contribution is 2.10. The van der Waals surface area contributed by atoms with E-state index in [-0.39, 0.29) is 0 Å². The molecule has 1 rings (SSSR count). The average molecular weight is 164 g/mol. The molecule has 2 nitrogen and oxygen atoms in total. The van der Waals surface area contributed by atoms with Crippen LogP contribution in [0.2, 0.25) is 0 Å². The third kappa shape index (κ3) is 2.67. The quantitative estimate of drug-likeness (QED) is 0.622. The molecule has 12 heavy (non-hydrogen) atoms. The fourth-order valence-corrected chi connectivity index (χ4v) is 1.49. The summed E-state index contributed by atoms with van der Waals surface area (Å²) in [5.74, 6) is 0.724. The van der Waals surface area contributed by atoms with Gasteiger partial charge in [-0.05, 0) is 12.3 Å². The summed E-state index contributed by atoms with van der Waals surface area (Å²) in [6.45, 7) is 7.61. The van der Waals surface area contributed by atoms with E-state index in [1.54, 1.807) is 0 Å². The largest absolute Gasteiger partial charge is 0.299 e. The molecule has 0 radical (unpaired) electrons. The van der Waals surface area contributed by atoms with Crippen molar-refractivity contribution < 1.29 is 0 Å². The van der Waals surface area contributed by atoms with Gasteiger partial charge in [0, 0.05) is 25.2 Å². The molecule has 0 saturated carbocycles. The summed E-state index contributed by atoms with van der Waals surface area (Å²) in [7, 11) is 0. The SMILES string of the molecule is CC(C)CN1CC=C(C#N)CC1. The second-order valence-electron chi connectivity index (χ2n) is 3.74. The molecular weight excluding hydrogens is 148 g/mol. The summed E-state index contributed by atoms with van der Waals surface area (Å²) >= 11 is 0. The van der Waals surface area contributed by atoms with Crippen molar-refractivity contribution in [2.45, 2.75) is 20.3 Å². The first-order chi connectivity index (χ1) is 5.72. The first-order valence-electron chi connectivity index (χ1n) is 4.54. The lowest BCUT2D eigenvalue weighted by atomic mass is 10.1. The van der Waals surface area contributed by atoms with E-state index >= 15 is 0 Å². The molecule has 0 spiro atoms. The van der Waals surface area contributed by atoms with Crippen molar-refractivity contribution in [3.63, 3.8) is 0 Å². The summed E-state index contributed by atoms with van der Waals surface area (Å²) in [4.78, 5) is 2.39. The lowest BCUT2D eigenvalue weighted by Gasteiger charge is -2.25.